The molecule has 4 aliphatic rings. The topological polar surface area (TPSA) is 77.9 Å². The van der Waals surface area contributed by atoms with Gasteiger partial charge in [-0.25, -0.2) is 22.0 Å². The van der Waals surface area contributed by atoms with Crippen molar-refractivity contribution in [2.45, 2.75) is 49.6 Å². The zero-order valence-electron chi connectivity index (χ0n) is 28.6. The standard InChI is InChI=1S/C33H31F5N6O2.C4H9N/c1-3-25(45)43-15-23(36)24(16-43)42(2)31-21-13-39-29(20-7-4-6-18-8-9-22(35)27(37)26(18)20)28(38)30(21)40-32(41-31)46-17-33-10-5-11-44(33)14-19(34)12-33;1-5-3-2-4-5/h3-4,6-9,13,19,23-24H,1,5,10-12,14-17H2,2H3;2-4H2,1H3/t19-,23+,24+,33+;/m1./s1. The van der Waals surface area contributed by atoms with Gasteiger partial charge in [0.1, 0.15) is 36.0 Å². The van der Waals surface area contributed by atoms with E-state index in [1.165, 1.54) is 47.6 Å². The summed E-state index contributed by atoms with van der Waals surface area (Å²) in [6.45, 7) is 7.09. The molecule has 1 amide bonds. The van der Waals surface area contributed by atoms with Crippen molar-refractivity contribution < 1.29 is 31.5 Å². The number of ether oxygens (including phenoxy) is 1. The number of fused-ring (bicyclic) bond motifs is 3. The molecule has 4 saturated heterocycles. The van der Waals surface area contributed by atoms with Gasteiger partial charge in [-0.3, -0.25) is 14.7 Å². The van der Waals surface area contributed by atoms with Gasteiger partial charge < -0.3 is 19.4 Å². The van der Waals surface area contributed by atoms with Crippen LogP contribution in [-0.2, 0) is 4.79 Å². The zero-order chi connectivity index (χ0) is 36.0. The highest BCUT2D eigenvalue weighted by Gasteiger charge is 2.49. The molecule has 51 heavy (non-hydrogen) atoms. The second-order valence-electron chi connectivity index (χ2n) is 13.9. The van der Waals surface area contributed by atoms with E-state index in [-0.39, 0.29) is 65.5 Å². The van der Waals surface area contributed by atoms with Gasteiger partial charge in [-0.05, 0) is 63.5 Å². The van der Waals surface area contributed by atoms with Crippen LogP contribution >= 0.6 is 0 Å². The zero-order valence-corrected chi connectivity index (χ0v) is 28.6. The van der Waals surface area contributed by atoms with Crippen molar-refractivity contribution >= 4 is 33.4 Å². The van der Waals surface area contributed by atoms with E-state index >= 15 is 13.2 Å². The SMILES string of the molecule is C=CC(=O)N1C[C@H](F)[C@@H](N(C)c2nc(OC[C@@]34CCCN3C[C@H](F)C4)nc3c(F)c(-c4cccc5ccc(F)c(F)c45)ncc23)C1.CN1CCC1. The van der Waals surface area contributed by atoms with Crippen LogP contribution in [0.3, 0.4) is 0 Å². The minimum absolute atomic E-state index is 0.0171. The van der Waals surface area contributed by atoms with E-state index in [0.717, 1.165) is 31.5 Å². The lowest BCUT2D eigenvalue weighted by Gasteiger charge is -2.31. The Balaban J connectivity index is 0.000000749. The number of amides is 1. The number of halogens is 5. The number of carbonyl (C=O) groups excluding carboxylic acids is 1. The van der Waals surface area contributed by atoms with Gasteiger partial charge in [0.2, 0.25) is 5.91 Å². The largest absolute Gasteiger partial charge is 0.461 e. The summed E-state index contributed by atoms with van der Waals surface area (Å²) in [4.78, 5) is 32.7. The molecule has 4 atom stereocenters. The van der Waals surface area contributed by atoms with Crippen molar-refractivity contribution in [3.63, 3.8) is 0 Å². The predicted octanol–water partition coefficient (Wildman–Crippen LogP) is 5.71. The molecule has 4 fully saturated rings. The number of pyridine rings is 1. The highest BCUT2D eigenvalue weighted by Crippen LogP contribution is 2.41. The van der Waals surface area contributed by atoms with Gasteiger partial charge in [0.15, 0.2) is 17.5 Å². The Labute approximate surface area is 292 Å². The molecule has 0 spiro atoms. The molecule has 2 aromatic heterocycles. The third-order valence-electron chi connectivity index (χ3n) is 10.7. The monoisotopic (exact) mass is 709 g/mol. The quantitative estimate of drug-likeness (QED) is 0.179. The van der Waals surface area contributed by atoms with Crippen LogP contribution < -0.4 is 9.64 Å². The molecule has 0 saturated carbocycles. The maximum atomic E-state index is 16.6. The van der Waals surface area contributed by atoms with E-state index in [9.17, 15) is 13.6 Å². The number of aromatic nitrogens is 3. The first kappa shape index (κ1) is 35.0. The van der Waals surface area contributed by atoms with Gasteiger partial charge in [0.25, 0.3) is 0 Å². The Morgan fingerprint density at radius 2 is 1.84 bits per heavy atom. The lowest BCUT2D eigenvalue weighted by atomic mass is 9.95. The number of benzene rings is 2. The van der Waals surface area contributed by atoms with E-state index in [4.69, 9.17) is 4.74 Å². The molecule has 6 heterocycles. The minimum atomic E-state index is -1.46. The summed E-state index contributed by atoms with van der Waals surface area (Å²) >= 11 is 0. The average Bonchev–Trinajstić information content (AvgIpc) is 3.79. The average molecular weight is 710 g/mol. The lowest BCUT2D eigenvalue weighted by molar-refractivity contribution is -0.125. The summed E-state index contributed by atoms with van der Waals surface area (Å²) in [6.07, 6.45) is 3.27. The number of likely N-dealkylation sites (N-methyl/N-ethyl adjacent to an activating group) is 1. The van der Waals surface area contributed by atoms with Crippen LogP contribution in [0.4, 0.5) is 27.8 Å². The first-order valence-corrected chi connectivity index (χ1v) is 17.2. The predicted molar refractivity (Wildman–Crippen MR) is 185 cm³/mol. The molecule has 4 aromatic rings. The van der Waals surface area contributed by atoms with Crippen molar-refractivity contribution in [2.75, 3.05) is 64.9 Å². The van der Waals surface area contributed by atoms with Gasteiger partial charge in [0.05, 0.1) is 23.5 Å². The molecular formula is C37H40F5N7O2. The van der Waals surface area contributed by atoms with Crippen LogP contribution in [0.5, 0.6) is 6.01 Å². The number of likely N-dealkylation sites (tertiary alicyclic amines) is 2. The van der Waals surface area contributed by atoms with Crippen LogP contribution in [0.15, 0.2) is 49.2 Å². The maximum absolute atomic E-state index is 16.6. The van der Waals surface area contributed by atoms with Crippen molar-refractivity contribution in [3.05, 3.63) is 66.6 Å². The van der Waals surface area contributed by atoms with Crippen LogP contribution in [0.2, 0.25) is 0 Å². The Hall–Kier alpha value is -4.43. The van der Waals surface area contributed by atoms with E-state index in [1.807, 2.05) is 0 Å². The van der Waals surface area contributed by atoms with E-state index in [1.54, 1.807) is 19.2 Å². The number of anilines is 1. The summed E-state index contributed by atoms with van der Waals surface area (Å²) in [6, 6.07) is 5.92. The summed E-state index contributed by atoms with van der Waals surface area (Å²) in [5.41, 5.74) is -1.03. The Morgan fingerprint density at radius 3 is 2.57 bits per heavy atom. The molecular weight excluding hydrogens is 669 g/mol. The molecule has 0 unspecified atom stereocenters. The third-order valence-corrected chi connectivity index (χ3v) is 10.7. The summed E-state index contributed by atoms with van der Waals surface area (Å²) in [5, 5.41) is 0.326. The number of rotatable bonds is 7. The van der Waals surface area contributed by atoms with Gasteiger partial charge in [-0.2, -0.15) is 9.97 Å². The minimum Gasteiger partial charge on any atom is -0.461 e. The van der Waals surface area contributed by atoms with Crippen LogP contribution in [0.25, 0.3) is 32.9 Å². The van der Waals surface area contributed by atoms with Crippen LogP contribution in [0, 0.1) is 17.5 Å². The maximum Gasteiger partial charge on any atom is 0.319 e. The second-order valence-corrected chi connectivity index (χ2v) is 13.9. The first-order valence-electron chi connectivity index (χ1n) is 17.2. The van der Waals surface area contributed by atoms with E-state index in [0.29, 0.717) is 11.9 Å². The number of hydrogen-bond donors (Lipinski definition) is 0. The number of carbonyl (C=O) groups is 1. The molecule has 0 bridgehead atoms. The summed E-state index contributed by atoms with van der Waals surface area (Å²) < 4.78 is 81.8. The van der Waals surface area contributed by atoms with Gasteiger partial charge in [-0.15, -0.1) is 0 Å². The highest BCUT2D eigenvalue weighted by molar-refractivity contribution is 5.99. The molecule has 0 radical (unpaired) electrons. The van der Waals surface area contributed by atoms with Crippen LogP contribution in [0.1, 0.15) is 25.7 Å². The molecule has 0 aliphatic carbocycles. The number of hydrogen-bond acceptors (Lipinski definition) is 8. The fourth-order valence-electron chi connectivity index (χ4n) is 7.75. The second kappa shape index (κ2) is 13.9. The van der Waals surface area contributed by atoms with Gasteiger partial charge in [-0.1, -0.05) is 30.8 Å². The Morgan fingerprint density at radius 1 is 1.06 bits per heavy atom. The first-order chi connectivity index (χ1) is 24.5. The number of nitrogens with zero attached hydrogens (tertiary/aromatic N) is 7. The molecule has 4 aliphatic heterocycles. The van der Waals surface area contributed by atoms with Gasteiger partial charge in [0, 0.05) is 43.7 Å². The molecule has 2 aromatic carbocycles. The molecule has 9 nitrogen and oxygen atoms in total. The number of alkyl halides is 2. The fraction of sp³-hybridized carbons (Fsp3) is 0.459. The Kier molecular flexibility index (Phi) is 9.57. The van der Waals surface area contributed by atoms with Gasteiger partial charge >= 0.3 is 6.01 Å². The highest BCUT2D eigenvalue weighted by atomic mass is 19.2. The van der Waals surface area contributed by atoms with E-state index < -0.39 is 47.3 Å². The van der Waals surface area contributed by atoms with Crippen molar-refractivity contribution in [1.82, 2.24) is 29.7 Å². The molecule has 270 valence electrons. The Bertz CT molecular complexity index is 1980. The fourth-order valence-corrected chi connectivity index (χ4v) is 7.75. The smallest absolute Gasteiger partial charge is 0.319 e. The summed E-state index contributed by atoms with van der Waals surface area (Å²) in [5.74, 6) is -3.49. The molecule has 8 rings (SSSR count). The third kappa shape index (κ3) is 6.48. The summed E-state index contributed by atoms with van der Waals surface area (Å²) in [7, 11) is 3.71. The van der Waals surface area contributed by atoms with Crippen molar-refractivity contribution in [2.24, 2.45) is 0 Å². The van der Waals surface area contributed by atoms with Crippen molar-refractivity contribution in [1.29, 1.82) is 0 Å². The molecule has 0 N–H and O–H groups in total. The lowest BCUT2D eigenvalue weighted by Crippen LogP contribution is -2.43. The van der Waals surface area contributed by atoms with Crippen LogP contribution in [-0.4, -0.2) is 119 Å². The normalized spacial score (nSPS) is 24.7. The molecule has 14 heteroatoms. The van der Waals surface area contributed by atoms with Crippen molar-refractivity contribution in [3.8, 4) is 17.3 Å². The van der Waals surface area contributed by atoms with E-state index in [2.05, 4.69) is 38.4 Å².